The van der Waals surface area contributed by atoms with Crippen molar-refractivity contribution in [1.82, 2.24) is 24.6 Å². The summed E-state index contributed by atoms with van der Waals surface area (Å²) >= 11 is 0. The Morgan fingerprint density at radius 1 is 1.19 bits per heavy atom. The quantitative estimate of drug-likeness (QED) is 0.172. The maximum Gasteiger partial charge on any atom is 0.246 e. The van der Waals surface area contributed by atoms with Crippen LogP contribution in [-0.2, 0) is 11.3 Å². The summed E-state index contributed by atoms with van der Waals surface area (Å²) in [4.78, 5) is 23.6. The molecular formula is C30H35F2N7O4. The van der Waals surface area contributed by atoms with Crippen molar-refractivity contribution in [2.75, 3.05) is 50.6 Å². The van der Waals surface area contributed by atoms with Crippen LogP contribution in [0.2, 0.25) is 0 Å². The summed E-state index contributed by atoms with van der Waals surface area (Å²) in [6, 6.07) is 7.19. The van der Waals surface area contributed by atoms with Gasteiger partial charge in [0.1, 0.15) is 6.54 Å². The molecule has 1 fully saturated rings. The van der Waals surface area contributed by atoms with Gasteiger partial charge in [0.2, 0.25) is 11.9 Å². The van der Waals surface area contributed by atoms with Crippen molar-refractivity contribution in [3.8, 4) is 11.5 Å². The molecule has 2 heterocycles. The molecule has 1 aliphatic carbocycles. The highest BCUT2D eigenvalue weighted by Gasteiger charge is 2.20. The van der Waals surface area contributed by atoms with Crippen LogP contribution in [0.4, 0.5) is 26.1 Å². The highest BCUT2D eigenvalue weighted by Crippen LogP contribution is 2.32. The largest absolute Gasteiger partial charge is 0.493 e. The van der Waals surface area contributed by atoms with Gasteiger partial charge in [-0.05, 0) is 43.4 Å². The number of aromatic nitrogens is 4. The van der Waals surface area contributed by atoms with Gasteiger partial charge in [0.25, 0.3) is 0 Å². The van der Waals surface area contributed by atoms with Crippen molar-refractivity contribution in [3.05, 3.63) is 60.6 Å². The first kappa shape index (κ1) is 30.1. The standard InChI is InChI=1S/C30H35F2N7O4/c1-42-26-13-21-15-33-30(35-22-16-34-39(18-22)19-28(41)36-24-8-3-7-23(31)29(24)32)37-25(21)14-27(26)43-12-4-9-38(10-11-40)17-20-5-2-6-20/h3,7-8,13-16,18,20,40H,2,4-6,9-12,17,19H2,1H3,(H,36,41)(H,33,35,37). The summed E-state index contributed by atoms with van der Waals surface area (Å²) in [7, 11) is 1.58. The summed E-state index contributed by atoms with van der Waals surface area (Å²) in [5, 5.41) is 19.7. The third kappa shape index (κ3) is 7.93. The van der Waals surface area contributed by atoms with E-state index in [9.17, 15) is 18.7 Å². The number of hydrogen-bond acceptors (Lipinski definition) is 9. The fraction of sp³-hybridized carbons (Fsp3) is 0.400. The zero-order chi connectivity index (χ0) is 30.2. The number of methoxy groups -OCH3 is 1. The molecule has 2 aromatic heterocycles. The molecule has 0 bridgehead atoms. The lowest BCUT2D eigenvalue weighted by atomic mass is 9.85. The fourth-order valence-corrected chi connectivity index (χ4v) is 4.90. The van der Waals surface area contributed by atoms with Crippen LogP contribution in [0.25, 0.3) is 10.9 Å². The van der Waals surface area contributed by atoms with Gasteiger partial charge in [-0.25, -0.2) is 18.7 Å². The van der Waals surface area contributed by atoms with Crippen LogP contribution in [-0.4, -0.2) is 75.6 Å². The number of nitrogens with zero attached hydrogens (tertiary/aromatic N) is 5. The van der Waals surface area contributed by atoms with Crippen LogP contribution in [0, 0.1) is 17.6 Å². The van der Waals surface area contributed by atoms with E-state index in [1.54, 1.807) is 25.6 Å². The Morgan fingerprint density at radius 2 is 2.05 bits per heavy atom. The third-order valence-electron chi connectivity index (χ3n) is 7.32. The molecule has 5 rings (SSSR count). The number of halogens is 2. The molecule has 228 valence electrons. The number of ether oxygens (including phenoxy) is 2. The van der Waals surface area contributed by atoms with Crippen molar-refractivity contribution in [2.24, 2.45) is 5.92 Å². The molecule has 3 N–H and O–H groups in total. The van der Waals surface area contributed by atoms with Gasteiger partial charge in [-0.1, -0.05) is 12.5 Å². The zero-order valence-electron chi connectivity index (χ0n) is 23.9. The number of rotatable bonds is 15. The second kappa shape index (κ2) is 14.2. The second-order valence-electron chi connectivity index (χ2n) is 10.5. The number of hydrogen-bond donors (Lipinski definition) is 3. The van der Waals surface area contributed by atoms with Gasteiger partial charge in [0.05, 0.1) is 43.4 Å². The molecular weight excluding hydrogens is 560 g/mol. The van der Waals surface area contributed by atoms with Crippen LogP contribution in [0.15, 0.2) is 48.9 Å². The van der Waals surface area contributed by atoms with E-state index in [0.717, 1.165) is 36.9 Å². The minimum Gasteiger partial charge on any atom is -0.493 e. The molecule has 0 spiro atoms. The van der Waals surface area contributed by atoms with E-state index in [0.29, 0.717) is 41.8 Å². The molecule has 2 aromatic carbocycles. The molecule has 0 radical (unpaired) electrons. The molecule has 11 nitrogen and oxygen atoms in total. The number of anilines is 3. The molecule has 13 heteroatoms. The number of carbonyl (C=O) groups is 1. The van der Waals surface area contributed by atoms with Crippen LogP contribution in [0.5, 0.6) is 11.5 Å². The monoisotopic (exact) mass is 595 g/mol. The summed E-state index contributed by atoms with van der Waals surface area (Å²) < 4.78 is 40.2. The molecule has 4 aromatic rings. The van der Waals surface area contributed by atoms with E-state index in [2.05, 4.69) is 30.6 Å². The number of fused-ring (bicyclic) bond motifs is 1. The molecule has 0 atom stereocenters. The highest BCUT2D eigenvalue weighted by atomic mass is 19.2. The number of aliphatic hydroxyl groups is 1. The Labute approximate surface area is 247 Å². The molecule has 43 heavy (non-hydrogen) atoms. The van der Waals surface area contributed by atoms with Crippen LogP contribution in [0.3, 0.4) is 0 Å². The van der Waals surface area contributed by atoms with Gasteiger partial charge < -0.3 is 30.1 Å². The van der Waals surface area contributed by atoms with Gasteiger partial charge in [0, 0.05) is 43.5 Å². The van der Waals surface area contributed by atoms with E-state index in [4.69, 9.17) is 9.47 Å². The topological polar surface area (TPSA) is 127 Å². The lowest BCUT2D eigenvalue weighted by molar-refractivity contribution is -0.116. The Morgan fingerprint density at radius 3 is 2.81 bits per heavy atom. The summed E-state index contributed by atoms with van der Waals surface area (Å²) in [5.74, 6) is -0.538. The average Bonchev–Trinajstić information content (AvgIpc) is 3.41. The minimum absolute atomic E-state index is 0.149. The predicted molar refractivity (Wildman–Crippen MR) is 158 cm³/mol. The summed E-state index contributed by atoms with van der Waals surface area (Å²) in [5.41, 5.74) is 0.931. The maximum atomic E-state index is 13.8. The van der Waals surface area contributed by atoms with Crippen molar-refractivity contribution in [2.45, 2.75) is 32.2 Å². The Kier molecular flexibility index (Phi) is 9.95. The van der Waals surface area contributed by atoms with E-state index in [1.165, 1.54) is 42.3 Å². The SMILES string of the molecule is COc1cc2cnc(Nc3cnn(CC(=O)Nc4cccc(F)c4F)c3)nc2cc1OCCCN(CCO)CC1CCC1. The lowest BCUT2D eigenvalue weighted by Crippen LogP contribution is -2.35. The molecule has 0 aliphatic heterocycles. The number of benzene rings is 2. The zero-order valence-corrected chi connectivity index (χ0v) is 23.9. The normalized spacial score (nSPS) is 13.2. The Balaban J connectivity index is 1.18. The van der Waals surface area contributed by atoms with Crippen molar-refractivity contribution >= 4 is 34.1 Å². The van der Waals surface area contributed by atoms with Gasteiger partial charge in [-0.2, -0.15) is 5.10 Å². The van der Waals surface area contributed by atoms with Gasteiger partial charge >= 0.3 is 0 Å². The molecule has 1 saturated carbocycles. The van der Waals surface area contributed by atoms with E-state index >= 15 is 0 Å². The highest BCUT2D eigenvalue weighted by molar-refractivity contribution is 5.90. The maximum absolute atomic E-state index is 13.8. The van der Waals surface area contributed by atoms with Crippen molar-refractivity contribution < 1.29 is 28.2 Å². The molecule has 0 saturated heterocycles. The van der Waals surface area contributed by atoms with Gasteiger partial charge in [-0.15, -0.1) is 0 Å². The number of carbonyl (C=O) groups excluding carboxylic acids is 1. The lowest BCUT2D eigenvalue weighted by Gasteiger charge is -2.32. The van der Waals surface area contributed by atoms with E-state index in [1.807, 2.05) is 6.07 Å². The first-order valence-corrected chi connectivity index (χ1v) is 14.3. The van der Waals surface area contributed by atoms with Gasteiger partial charge in [-0.3, -0.25) is 9.48 Å². The fourth-order valence-electron chi connectivity index (χ4n) is 4.90. The first-order chi connectivity index (χ1) is 20.9. The minimum atomic E-state index is -1.12. The van der Waals surface area contributed by atoms with Crippen LogP contribution >= 0.6 is 0 Å². The van der Waals surface area contributed by atoms with Crippen molar-refractivity contribution in [3.63, 3.8) is 0 Å². The number of nitrogens with one attached hydrogen (secondary N) is 2. The first-order valence-electron chi connectivity index (χ1n) is 14.3. The predicted octanol–water partition coefficient (Wildman–Crippen LogP) is 4.36. The number of amides is 1. The van der Waals surface area contributed by atoms with Crippen molar-refractivity contribution in [1.29, 1.82) is 0 Å². The molecule has 0 unspecified atom stereocenters. The Hall–Kier alpha value is -4.36. The third-order valence-corrected chi connectivity index (χ3v) is 7.32. The second-order valence-corrected chi connectivity index (χ2v) is 10.5. The summed E-state index contributed by atoms with van der Waals surface area (Å²) in [6.45, 7) is 2.96. The van der Waals surface area contributed by atoms with E-state index < -0.39 is 17.5 Å². The van der Waals surface area contributed by atoms with Crippen LogP contribution in [0.1, 0.15) is 25.7 Å². The molecule has 1 aliphatic rings. The molecule has 1 amide bonds. The van der Waals surface area contributed by atoms with Crippen LogP contribution < -0.4 is 20.1 Å². The number of aliphatic hydroxyl groups excluding tert-OH is 1. The van der Waals surface area contributed by atoms with E-state index in [-0.39, 0.29) is 18.8 Å². The Bertz CT molecular complexity index is 1550. The summed E-state index contributed by atoms with van der Waals surface area (Å²) in [6.07, 6.45) is 9.38. The van der Waals surface area contributed by atoms with Gasteiger partial charge in [0.15, 0.2) is 23.1 Å². The smallest absolute Gasteiger partial charge is 0.246 e. The average molecular weight is 596 g/mol.